The van der Waals surface area contributed by atoms with E-state index < -0.39 is 5.25 Å². The fourth-order valence-corrected chi connectivity index (χ4v) is 4.47. The van der Waals surface area contributed by atoms with Gasteiger partial charge in [-0.25, -0.2) is 4.99 Å². The summed E-state index contributed by atoms with van der Waals surface area (Å²) < 4.78 is 10.6. The highest BCUT2D eigenvalue weighted by Crippen LogP contribution is 2.36. The molecular formula is C23H27N3O4S. The number of rotatable bonds is 7. The van der Waals surface area contributed by atoms with E-state index in [0.29, 0.717) is 28.9 Å². The van der Waals surface area contributed by atoms with Crippen molar-refractivity contribution in [3.63, 3.8) is 0 Å². The van der Waals surface area contributed by atoms with Crippen LogP contribution in [0.25, 0.3) is 0 Å². The number of amides is 2. The number of benzene rings is 2. The smallest absolute Gasteiger partial charge is 0.242 e. The Morgan fingerprint density at radius 1 is 1.19 bits per heavy atom. The lowest BCUT2D eigenvalue weighted by Gasteiger charge is -2.14. The van der Waals surface area contributed by atoms with E-state index in [9.17, 15) is 9.59 Å². The van der Waals surface area contributed by atoms with Gasteiger partial charge >= 0.3 is 0 Å². The Kier molecular flexibility index (Phi) is 7.22. The topological polar surface area (TPSA) is 80.2 Å². The van der Waals surface area contributed by atoms with Crippen LogP contribution in [-0.2, 0) is 9.59 Å². The van der Waals surface area contributed by atoms with Crippen LogP contribution in [0.1, 0.15) is 24.5 Å². The Morgan fingerprint density at radius 2 is 1.97 bits per heavy atom. The summed E-state index contributed by atoms with van der Waals surface area (Å²) in [5.74, 6) is 0.894. The van der Waals surface area contributed by atoms with Crippen molar-refractivity contribution in [2.75, 3.05) is 26.1 Å². The minimum Gasteiger partial charge on any atom is -0.497 e. The molecule has 164 valence electrons. The summed E-state index contributed by atoms with van der Waals surface area (Å²) in [6.45, 7) is 6.32. The number of methoxy groups -OCH3 is 2. The van der Waals surface area contributed by atoms with Gasteiger partial charge in [-0.2, -0.15) is 0 Å². The maximum Gasteiger partial charge on any atom is 0.242 e. The highest BCUT2D eigenvalue weighted by molar-refractivity contribution is 8.15. The lowest BCUT2D eigenvalue weighted by Crippen LogP contribution is -2.33. The van der Waals surface area contributed by atoms with Gasteiger partial charge in [0, 0.05) is 24.7 Å². The molecule has 8 heteroatoms. The Hall–Kier alpha value is -3.00. The number of anilines is 1. The lowest BCUT2D eigenvalue weighted by molar-refractivity contribution is -0.128. The normalized spacial score (nSPS) is 17.2. The summed E-state index contributed by atoms with van der Waals surface area (Å²) in [6, 6.07) is 11.1. The molecule has 7 nitrogen and oxygen atoms in total. The van der Waals surface area contributed by atoms with Gasteiger partial charge in [0.1, 0.15) is 22.4 Å². The standard InChI is InChI=1S/C23H27N3O4S/c1-6-26-22(28)20(13-21(27)24-17-9-7-8-14(2)15(17)3)31-23(26)25-18-11-10-16(29-4)12-19(18)30-5/h7-12,20H,6,13H2,1-5H3,(H,24,27). The second kappa shape index (κ2) is 9.87. The van der Waals surface area contributed by atoms with Crippen molar-refractivity contribution in [1.29, 1.82) is 0 Å². The molecule has 0 aromatic heterocycles. The van der Waals surface area contributed by atoms with E-state index >= 15 is 0 Å². The van der Waals surface area contributed by atoms with E-state index in [1.54, 1.807) is 37.3 Å². The Labute approximate surface area is 186 Å². The molecule has 1 atom stereocenters. The van der Waals surface area contributed by atoms with Crippen LogP contribution < -0.4 is 14.8 Å². The van der Waals surface area contributed by atoms with Crippen molar-refractivity contribution in [3.8, 4) is 11.5 Å². The van der Waals surface area contributed by atoms with Crippen molar-refractivity contribution >= 4 is 40.1 Å². The first-order chi connectivity index (χ1) is 14.9. The van der Waals surface area contributed by atoms with Crippen LogP contribution in [0.15, 0.2) is 41.4 Å². The molecule has 1 fully saturated rings. The zero-order valence-electron chi connectivity index (χ0n) is 18.4. The largest absolute Gasteiger partial charge is 0.497 e. The van der Waals surface area contributed by atoms with Crippen LogP contribution in [0.5, 0.6) is 11.5 Å². The average Bonchev–Trinajstić information content (AvgIpc) is 3.05. The van der Waals surface area contributed by atoms with Crippen LogP contribution in [-0.4, -0.2) is 47.9 Å². The maximum absolute atomic E-state index is 12.9. The fourth-order valence-electron chi connectivity index (χ4n) is 3.25. The molecule has 1 unspecified atom stereocenters. The van der Waals surface area contributed by atoms with E-state index in [1.807, 2.05) is 39.0 Å². The van der Waals surface area contributed by atoms with Crippen LogP contribution in [0.3, 0.4) is 0 Å². The third-order valence-corrected chi connectivity index (χ3v) is 6.36. The van der Waals surface area contributed by atoms with Gasteiger partial charge in [0.05, 0.1) is 14.2 Å². The van der Waals surface area contributed by atoms with Gasteiger partial charge in [-0.1, -0.05) is 23.9 Å². The maximum atomic E-state index is 12.9. The molecule has 2 aromatic carbocycles. The number of ether oxygens (including phenoxy) is 2. The second-order valence-corrected chi connectivity index (χ2v) is 8.29. The molecule has 2 aromatic rings. The summed E-state index contributed by atoms with van der Waals surface area (Å²) in [7, 11) is 3.14. The number of nitrogens with one attached hydrogen (secondary N) is 1. The van der Waals surface area contributed by atoms with Crippen LogP contribution in [0.4, 0.5) is 11.4 Å². The number of thioether (sulfide) groups is 1. The van der Waals surface area contributed by atoms with Gasteiger partial charge in [0.15, 0.2) is 5.17 Å². The van der Waals surface area contributed by atoms with Gasteiger partial charge < -0.3 is 14.8 Å². The summed E-state index contributed by atoms with van der Waals surface area (Å²) >= 11 is 1.30. The number of aryl methyl sites for hydroxylation is 1. The molecule has 1 N–H and O–H groups in total. The Bertz CT molecular complexity index is 1020. The third kappa shape index (κ3) is 5.02. The van der Waals surface area contributed by atoms with Crippen molar-refractivity contribution < 1.29 is 19.1 Å². The molecule has 31 heavy (non-hydrogen) atoms. The minimum absolute atomic E-state index is 0.0755. The predicted octanol–water partition coefficient (Wildman–Crippen LogP) is 4.30. The molecule has 0 spiro atoms. The Balaban J connectivity index is 1.77. The molecule has 0 saturated carbocycles. The Morgan fingerprint density at radius 3 is 2.65 bits per heavy atom. The molecule has 1 heterocycles. The van der Waals surface area contributed by atoms with E-state index in [4.69, 9.17) is 9.47 Å². The number of amidine groups is 1. The van der Waals surface area contributed by atoms with E-state index in [0.717, 1.165) is 16.8 Å². The van der Waals surface area contributed by atoms with E-state index in [1.165, 1.54) is 11.8 Å². The summed E-state index contributed by atoms with van der Waals surface area (Å²) in [5.41, 5.74) is 3.48. The van der Waals surface area contributed by atoms with Gasteiger partial charge in [-0.15, -0.1) is 0 Å². The highest BCUT2D eigenvalue weighted by atomic mass is 32.2. The molecule has 1 aliphatic rings. The number of aliphatic imine (C=N–C) groups is 1. The second-order valence-electron chi connectivity index (χ2n) is 7.12. The zero-order valence-corrected chi connectivity index (χ0v) is 19.2. The molecule has 0 bridgehead atoms. The number of hydrogen-bond acceptors (Lipinski definition) is 6. The van der Waals surface area contributed by atoms with E-state index in [2.05, 4.69) is 10.3 Å². The monoisotopic (exact) mass is 441 g/mol. The fraction of sp³-hybridized carbons (Fsp3) is 0.348. The van der Waals surface area contributed by atoms with Gasteiger partial charge in [-0.05, 0) is 50.1 Å². The summed E-state index contributed by atoms with van der Waals surface area (Å²) in [4.78, 5) is 31.8. The SMILES string of the molecule is CCN1C(=O)C(CC(=O)Nc2cccc(C)c2C)SC1=Nc1ccc(OC)cc1OC. The number of carbonyl (C=O) groups excluding carboxylic acids is 2. The molecule has 0 aliphatic carbocycles. The molecule has 1 saturated heterocycles. The van der Waals surface area contributed by atoms with Crippen molar-refractivity contribution in [1.82, 2.24) is 4.90 Å². The number of hydrogen-bond donors (Lipinski definition) is 1. The van der Waals surface area contributed by atoms with Gasteiger partial charge in [0.25, 0.3) is 0 Å². The molecule has 1 aliphatic heterocycles. The predicted molar refractivity (Wildman–Crippen MR) is 125 cm³/mol. The molecular weight excluding hydrogens is 414 g/mol. The minimum atomic E-state index is -0.520. The lowest BCUT2D eigenvalue weighted by atomic mass is 10.1. The first-order valence-corrected chi connectivity index (χ1v) is 10.9. The summed E-state index contributed by atoms with van der Waals surface area (Å²) in [5, 5.41) is 2.97. The van der Waals surface area contributed by atoms with Crippen LogP contribution >= 0.6 is 11.8 Å². The van der Waals surface area contributed by atoms with Crippen LogP contribution in [0.2, 0.25) is 0 Å². The summed E-state index contributed by atoms with van der Waals surface area (Å²) in [6.07, 6.45) is 0.0755. The first-order valence-electron chi connectivity index (χ1n) is 10.0. The van der Waals surface area contributed by atoms with Gasteiger partial charge in [-0.3, -0.25) is 14.5 Å². The molecule has 3 rings (SSSR count). The molecule has 0 radical (unpaired) electrons. The highest BCUT2D eigenvalue weighted by Gasteiger charge is 2.38. The van der Waals surface area contributed by atoms with Crippen LogP contribution in [0, 0.1) is 13.8 Å². The third-order valence-electron chi connectivity index (χ3n) is 5.19. The average molecular weight is 442 g/mol. The van der Waals surface area contributed by atoms with Crippen molar-refractivity contribution in [2.24, 2.45) is 4.99 Å². The first kappa shape index (κ1) is 22.7. The van der Waals surface area contributed by atoms with Crippen molar-refractivity contribution in [3.05, 3.63) is 47.5 Å². The van der Waals surface area contributed by atoms with Crippen molar-refractivity contribution in [2.45, 2.75) is 32.4 Å². The zero-order chi connectivity index (χ0) is 22.5. The molecule has 2 amide bonds. The van der Waals surface area contributed by atoms with Gasteiger partial charge in [0.2, 0.25) is 11.8 Å². The van der Waals surface area contributed by atoms with E-state index in [-0.39, 0.29) is 18.2 Å². The quantitative estimate of drug-likeness (QED) is 0.693. The number of carbonyl (C=O) groups is 2. The number of nitrogens with zero attached hydrogens (tertiary/aromatic N) is 2.